The highest BCUT2D eigenvalue weighted by atomic mass is 16.5. The first kappa shape index (κ1) is 19.7. The van der Waals surface area contributed by atoms with Gasteiger partial charge in [0.05, 0.1) is 30.7 Å². The molecule has 0 saturated heterocycles. The van der Waals surface area contributed by atoms with E-state index in [0.717, 1.165) is 16.9 Å². The molecule has 0 aliphatic carbocycles. The highest BCUT2D eigenvalue weighted by Gasteiger charge is 2.33. The van der Waals surface area contributed by atoms with E-state index in [4.69, 9.17) is 10.3 Å². The molecule has 3 heterocycles. The maximum Gasteiger partial charge on any atom is 0.130 e. The number of rotatable bonds is 6. The highest BCUT2D eigenvalue weighted by molar-refractivity contribution is 5.57. The number of aromatic nitrogens is 6. The third-order valence-electron chi connectivity index (χ3n) is 5.19. The summed E-state index contributed by atoms with van der Waals surface area (Å²) in [6.07, 6.45) is 6.73. The van der Waals surface area contributed by atoms with Crippen LogP contribution in [0.1, 0.15) is 17.8 Å². The molecule has 0 amide bonds. The van der Waals surface area contributed by atoms with E-state index in [0.29, 0.717) is 5.69 Å². The van der Waals surface area contributed by atoms with Crippen LogP contribution in [0, 0.1) is 0 Å². The van der Waals surface area contributed by atoms with Gasteiger partial charge in [-0.05, 0) is 17.7 Å². The average molecular weight is 425 g/mol. The third-order valence-corrected chi connectivity index (χ3v) is 5.19. The minimum Gasteiger partial charge on any atom is -0.362 e. The molecule has 1 aliphatic rings. The summed E-state index contributed by atoms with van der Waals surface area (Å²) in [5.74, 6) is 0. The first-order chi connectivity index (χ1) is 15.8. The Bertz CT molecular complexity index is 1260. The van der Waals surface area contributed by atoms with Crippen LogP contribution < -0.4 is 0 Å². The molecule has 2 aromatic carbocycles. The zero-order valence-electron chi connectivity index (χ0n) is 17.0. The van der Waals surface area contributed by atoms with Crippen LogP contribution >= 0.6 is 0 Å². The van der Waals surface area contributed by atoms with Gasteiger partial charge in [-0.25, -0.2) is 9.36 Å². The monoisotopic (exact) mass is 425 g/mol. The topological polar surface area (TPSA) is 119 Å². The van der Waals surface area contributed by atoms with Gasteiger partial charge in [-0.3, -0.25) is 0 Å². The van der Waals surface area contributed by atoms with Crippen LogP contribution in [0.4, 0.5) is 0 Å². The minimum absolute atomic E-state index is 0.190. The van der Waals surface area contributed by atoms with Crippen LogP contribution in [-0.2, 0) is 4.74 Å². The summed E-state index contributed by atoms with van der Waals surface area (Å²) in [6.45, 7) is 0.190. The fraction of sp³-hybridized carbons (Fsp3) is 0.182. The van der Waals surface area contributed by atoms with Gasteiger partial charge in [-0.15, -0.1) is 10.2 Å². The summed E-state index contributed by atoms with van der Waals surface area (Å²) >= 11 is 0. The molecule has 2 aromatic heterocycles. The van der Waals surface area contributed by atoms with Crippen molar-refractivity contribution in [2.45, 2.75) is 18.2 Å². The second-order valence-electron chi connectivity index (χ2n) is 7.26. The zero-order valence-corrected chi connectivity index (χ0v) is 17.0. The van der Waals surface area contributed by atoms with Gasteiger partial charge < -0.3 is 4.74 Å². The molecule has 0 bridgehead atoms. The summed E-state index contributed by atoms with van der Waals surface area (Å²) in [7, 11) is 0. The van der Waals surface area contributed by atoms with E-state index in [1.807, 2.05) is 85.2 Å². The van der Waals surface area contributed by atoms with Gasteiger partial charge in [-0.1, -0.05) is 76.2 Å². The smallest absolute Gasteiger partial charge is 0.130 e. The zero-order chi connectivity index (χ0) is 21.8. The third kappa shape index (κ3) is 4.00. The lowest BCUT2D eigenvalue weighted by Crippen LogP contribution is -2.29. The van der Waals surface area contributed by atoms with Gasteiger partial charge in [0, 0.05) is 10.5 Å². The van der Waals surface area contributed by atoms with Gasteiger partial charge in [-0.2, -0.15) is 0 Å². The molecule has 3 atom stereocenters. The summed E-state index contributed by atoms with van der Waals surface area (Å²) < 4.78 is 9.71. The van der Waals surface area contributed by atoms with Crippen molar-refractivity contribution in [1.29, 1.82) is 0 Å². The van der Waals surface area contributed by atoms with E-state index in [-0.39, 0.29) is 18.7 Å². The summed E-state index contributed by atoms with van der Waals surface area (Å²) in [5, 5.41) is 20.9. The van der Waals surface area contributed by atoms with Crippen molar-refractivity contribution in [1.82, 2.24) is 30.0 Å². The first-order valence-electron chi connectivity index (χ1n) is 10.1. The Hall–Kier alpha value is -4.27. The molecule has 0 saturated carbocycles. The van der Waals surface area contributed by atoms with Crippen molar-refractivity contribution in [3.63, 3.8) is 0 Å². The molecule has 0 fully saturated rings. The molecule has 4 aromatic rings. The first-order valence-corrected chi connectivity index (χ1v) is 10.1. The van der Waals surface area contributed by atoms with E-state index in [9.17, 15) is 0 Å². The summed E-state index contributed by atoms with van der Waals surface area (Å²) in [4.78, 5) is 2.84. The SMILES string of the molecule is [N-]=[N+]=NC[C@@H]1C=C[C@@H](n2cc(-c3ccccc3)nn2)[C@@H](c2cn(-c3ccccc3)nn2)O1. The summed E-state index contributed by atoms with van der Waals surface area (Å²) in [6, 6.07) is 19.3. The van der Waals surface area contributed by atoms with Crippen LogP contribution in [0.2, 0.25) is 0 Å². The quantitative estimate of drug-likeness (QED) is 0.200. The number of ether oxygens (including phenoxy) is 1. The van der Waals surface area contributed by atoms with Gasteiger partial charge in [0.1, 0.15) is 23.5 Å². The Kier molecular flexibility index (Phi) is 5.44. The van der Waals surface area contributed by atoms with Gasteiger partial charge >= 0.3 is 0 Å². The van der Waals surface area contributed by atoms with E-state index in [2.05, 4.69) is 30.7 Å². The Balaban J connectivity index is 1.48. The maximum absolute atomic E-state index is 8.68. The van der Waals surface area contributed by atoms with Crippen LogP contribution in [-0.4, -0.2) is 42.6 Å². The molecule has 5 rings (SSSR count). The number of hydrogen-bond donors (Lipinski definition) is 0. The maximum atomic E-state index is 8.68. The van der Waals surface area contributed by atoms with Crippen LogP contribution in [0.3, 0.4) is 0 Å². The molecule has 1 aliphatic heterocycles. The predicted octanol–water partition coefficient (Wildman–Crippen LogP) is 4.07. The number of hydrogen-bond acceptors (Lipinski definition) is 6. The Morgan fingerprint density at radius 2 is 1.72 bits per heavy atom. The van der Waals surface area contributed by atoms with Crippen LogP contribution in [0.15, 0.2) is 90.3 Å². The number of para-hydroxylation sites is 1. The fourth-order valence-electron chi connectivity index (χ4n) is 3.62. The summed E-state index contributed by atoms with van der Waals surface area (Å²) in [5.41, 5.74) is 12.0. The van der Waals surface area contributed by atoms with Crippen LogP contribution in [0.5, 0.6) is 0 Å². The van der Waals surface area contributed by atoms with E-state index < -0.39 is 6.10 Å². The molecule has 10 nitrogen and oxygen atoms in total. The van der Waals surface area contributed by atoms with Gasteiger partial charge in [0.15, 0.2) is 0 Å². The van der Waals surface area contributed by atoms with E-state index >= 15 is 0 Å². The largest absolute Gasteiger partial charge is 0.362 e. The van der Waals surface area contributed by atoms with Crippen molar-refractivity contribution in [2.24, 2.45) is 5.11 Å². The molecular weight excluding hydrogens is 406 g/mol. The average Bonchev–Trinajstić information content (AvgIpc) is 3.54. The van der Waals surface area contributed by atoms with Gasteiger partial charge in [0.25, 0.3) is 0 Å². The number of azide groups is 1. The van der Waals surface area contributed by atoms with Crippen molar-refractivity contribution in [2.75, 3.05) is 6.54 Å². The second kappa shape index (κ2) is 8.84. The molecule has 0 N–H and O–H groups in total. The molecule has 0 unspecified atom stereocenters. The Labute approximate surface area is 183 Å². The molecular formula is C22H19N9O. The number of nitrogens with zero attached hydrogens (tertiary/aromatic N) is 9. The fourth-order valence-corrected chi connectivity index (χ4v) is 3.62. The lowest BCUT2D eigenvalue weighted by atomic mass is 10.0. The molecule has 0 radical (unpaired) electrons. The highest BCUT2D eigenvalue weighted by Crippen LogP contribution is 2.35. The van der Waals surface area contributed by atoms with Gasteiger partial charge in [0.2, 0.25) is 0 Å². The molecule has 0 spiro atoms. The second-order valence-corrected chi connectivity index (χ2v) is 7.26. The Morgan fingerprint density at radius 1 is 0.938 bits per heavy atom. The predicted molar refractivity (Wildman–Crippen MR) is 117 cm³/mol. The standard InChI is InChI=1S/C22H19N9O/c23-27-24-13-18-11-12-21(31-14-19(25-29-31)16-7-3-1-4-8-16)22(32-18)20-15-30(28-26-20)17-9-5-2-6-10-17/h1-12,14-15,18,21-22H,13H2/t18-,21+,22+/m0/s1. The van der Waals surface area contributed by atoms with Crippen molar-refractivity contribution in [3.05, 3.63) is 101 Å². The van der Waals surface area contributed by atoms with Crippen molar-refractivity contribution >= 4 is 0 Å². The molecule has 158 valence electrons. The Morgan fingerprint density at radius 3 is 2.50 bits per heavy atom. The normalized spacial score (nSPS) is 20.1. The lowest BCUT2D eigenvalue weighted by molar-refractivity contribution is -0.0209. The van der Waals surface area contributed by atoms with Crippen molar-refractivity contribution in [3.8, 4) is 16.9 Å². The lowest BCUT2D eigenvalue weighted by Gasteiger charge is -2.30. The minimum atomic E-state index is -0.485. The molecule has 32 heavy (non-hydrogen) atoms. The van der Waals surface area contributed by atoms with E-state index in [1.54, 1.807) is 9.36 Å². The molecule has 10 heteroatoms. The van der Waals surface area contributed by atoms with Crippen molar-refractivity contribution < 1.29 is 4.74 Å². The van der Waals surface area contributed by atoms with E-state index in [1.165, 1.54) is 0 Å². The van der Waals surface area contributed by atoms with Crippen LogP contribution in [0.25, 0.3) is 27.4 Å². The number of benzene rings is 2.